The molecule has 2 aliphatic heterocycles. The first-order valence-electron chi connectivity index (χ1n) is 41.6. The summed E-state index contributed by atoms with van der Waals surface area (Å²) in [5, 5.41) is 19.5. The molecule has 6 aliphatic rings. The van der Waals surface area contributed by atoms with Gasteiger partial charge >= 0.3 is 0 Å². The van der Waals surface area contributed by atoms with Gasteiger partial charge in [0.15, 0.2) is 0 Å². The maximum Gasteiger partial charge on any atom is 0.230 e. The highest BCUT2D eigenvalue weighted by atomic mass is 19.1. The van der Waals surface area contributed by atoms with Crippen molar-refractivity contribution in [2.75, 3.05) is 66.7 Å². The Bertz CT molecular complexity index is 6050. The van der Waals surface area contributed by atoms with Crippen molar-refractivity contribution >= 4 is 35.2 Å². The number of pyridine rings is 1. The zero-order valence-corrected chi connectivity index (χ0v) is 66.3. The van der Waals surface area contributed by atoms with E-state index in [1.807, 2.05) is 128 Å². The van der Waals surface area contributed by atoms with Crippen LogP contribution in [0.25, 0.3) is 45.0 Å². The van der Waals surface area contributed by atoms with Crippen LogP contribution in [0, 0.1) is 11.6 Å². The lowest BCUT2D eigenvalue weighted by molar-refractivity contribution is 0.237. The van der Waals surface area contributed by atoms with Gasteiger partial charge in [0.2, 0.25) is 23.8 Å². The molecule has 10 aromatic carbocycles. The predicted octanol–water partition coefficient (Wildman–Crippen LogP) is 20.5. The molecule has 4 aliphatic carbocycles. The number of rotatable bonds is 17. The highest BCUT2D eigenvalue weighted by molar-refractivity contribution is 5.78. The van der Waals surface area contributed by atoms with Crippen LogP contribution in [0.2, 0.25) is 0 Å². The second-order valence-electron chi connectivity index (χ2n) is 31.1. The Morgan fingerprint density at radius 3 is 1.34 bits per heavy atom. The highest BCUT2D eigenvalue weighted by Crippen LogP contribution is 2.48. The number of aromatic nitrogens is 9. The molecule has 7 heterocycles. The minimum atomic E-state index is -0.189. The van der Waals surface area contributed by atoms with E-state index < -0.39 is 0 Å². The van der Waals surface area contributed by atoms with Gasteiger partial charge in [-0.1, -0.05) is 237 Å². The Hall–Kier alpha value is -13.4. The number of aliphatic hydroxyl groups excluding tert-OH is 1. The number of para-hydroxylation sites is 2. The van der Waals surface area contributed by atoms with Crippen LogP contribution in [0.1, 0.15) is 126 Å². The summed E-state index contributed by atoms with van der Waals surface area (Å²) >= 11 is 0. The zero-order chi connectivity index (χ0) is 80.2. The van der Waals surface area contributed by atoms with E-state index >= 15 is 0 Å². The third-order valence-corrected chi connectivity index (χ3v) is 23.9. The molecule has 0 spiro atoms. The second-order valence-corrected chi connectivity index (χ2v) is 31.1. The number of fused-ring (bicyclic) bond motifs is 13. The SMILES string of the molecule is Fc1ccccc1[C@@H]1Cc2cnc(N3CCc4ccccc43)nc2-c2ccccc21.OCCc1ccccc1Nc1ncc2c(n1)-c1ccccc1[C@H](c1ccccc1F)C2.c1ccc(C2Cc3cnc(NCCN4CCCCC4)nc3-c3ccccc32)cc1.c1ccc(C2Cc3cnc(NCCc4ccncc4)nc3-c3ccccc32)cc1. The monoisotopic (exact) mass is 1570 g/mol. The molecule has 1 fully saturated rings. The van der Waals surface area contributed by atoms with Crippen molar-refractivity contribution in [1.29, 1.82) is 0 Å². The van der Waals surface area contributed by atoms with Crippen molar-refractivity contribution < 1.29 is 13.9 Å². The maximum absolute atomic E-state index is 14.6. The molecule has 21 rings (SSSR count). The lowest BCUT2D eigenvalue weighted by atomic mass is 9.78. The number of aliphatic hydroxyl groups is 1. The van der Waals surface area contributed by atoms with Crippen LogP contribution >= 0.6 is 0 Å². The molecule has 0 radical (unpaired) electrons. The molecule has 1 saturated heterocycles. The van der Waals surface area contributed by atoms with Gasteiger partial charge < -0.3 is 30.9 Å². The Balaban J connectivity index is 0.000000109. The first-order chi connectivity index (χ1) is 58.8. The van der Waals surface area contributed by atoms with Gasteiger partial charge in [0, 0.05) is 127 Å². The molecule has 15 aromatic rings. The van der Waals surface area contributed by atoms with Crippen LogP contribution in [-0.2, 0) is 44.9 Å². The number of anilines is 6. The maximum atomic E-state index is 14.6. The summed E-state index contributed by atoms with van der Waals surface area (Å²) in [6.07, 6.45) is 21.2. The van der Waals surface area contributed by atoms with Gasteiger partial charge in [-0.05, 0) is 191 Å². The van der Waals surface area contributed by atoms with Gasteiger partial charge in [-0.3, -0.25) is 4.98 Å². The summed E-state index contributed by atoms with van der Waals surface area (Å²) < 4.78 is 29.2. The molecular formula is C102H92F2N14O. The lowest BCUT2D eigenvalue weighted by Crippen LogP contribution is -2.33. The molecule has 0 bridgehead atoms. The predicted molar refractivity (Wildman–Crippen MR) is 471 cm³/mol. The van der Waals surface area contributed by atoms with Crippen molar-refractivity contribution in [3.8, 4) is 45.0 Å². The van der Waals surface area contributed by atoms with Gasteiger partial charge in [-0.2, -0.15) is 0 Å². The number of hydrogen-bond acceptors (Lipinski definition) is 15. The number of benzene rings is 10. The van der Waals surface area contributed by atoms with Gasteiger partial charge in [0.05, 0.1) is 22.8 Å². The van der Waals surface area contributed by atoms with Crippen molar-refractivity contribution in [3.05, 3.63) is 399 Å². The minimum absolute atomic E-state index is 0.0307. The molecule has 17 heteroatoms. The van der Waals surface area contributed by atoms with Crippen molar-refractivity contribution in [1.82, 2.24) is 49.8 Å². The first kappa shape index (κ1) is 76.9. The van der Waals surface area contributed by atoms with E-state index in [2.05, 4.69) is 197 Å². The number of hydrogen-bond donors (Lipinski definition) is 4. The standard InChI is InChI=1S/C26H22FN3O.C26H20FN3.C25H28N4.C25H22N4/c27-23-11-5-4-9-20(23)22-15-18-16-28-26(29-24-12-6-1-7-17(24)13-14-31)30-25(18)21-10-3-2-8-19(21)22;27-23-11-5-4-9-20(23)22-15-18-16-28-26(29-25(18)21-10-3-2-8-19(21)22)30-14-13-17-7-1-6-12-24(17)30;1-3-9-19(10-4-1)23-17-20-18-27-25(26-13-16-29-14-7-2-8-15-29)28-24(20)22-12-6-5-11-21(22)23;1-2-6-19(7-3-1)23-16-20-17-28-25(27-15-12-18-10-13-26-14-11-18)29-24(20)22-9-5-4-8-21(22)23/h1-12,16,22,31H,13-15H2,(H,28,29,30);1-12,16,22H,13-15H2;1,3-6,9-12,18,23H,2,7-8,13-17H2,(H,26,27,28);1-11,13-14,17,23H,12,15-16H2,(H,27,28,29)/t2*22-;;/m11../s1. The Labute approximate surface area is 693 Å². The summed E-state index contributed by atoms with van der Waals surface area (Å²) in [4.78, 5) is 46.9. The summed E-state index contributed by atoms with van der Waals surface area (Å²) in [6, 6.07) is 89.5. The van der Waals surface area contributed by atoms with Crippen LogP contribution in [-0.4, -0.2) is 101 Å². The lowest BCUT2D eigenvalue weighted by Gasteiger charge is -2.28. The Morgan fingerprint density at radius 1 is 0.370 bits per heavy atom. The number of nitrogens with zero attached hydrogens (tertiary/aromatic N) is 11. The fourth-order valence-corrected chi connectivity index (χ4v) is 18.0. The minimum Gasteiger partial charge on any atom is -0.396 e. The number of piperidine rings is 1. The van der Waals surface area contributed by atoms with E-state index in [-0.39, 0.29) is 30.1 Å². The van der Waals surface area contributed by atoms with Crippen LogP contribution in [0.4, 0.5) is 43.9 Å². The van der Waals surface area contributed by atoms with Crippen molar-refractivity contribution in [3.63, 3.8) is 0 Å². The van der Waals surface area contributed by atoms with Crippen LogP contribution in [0.15, 0.2) is 304 Å². The number of halogens is 2. The molecule has 0 saturated carbocycles. The summed E-state index contributed by atoms with van der Waals surface area (Å²) in [5.41, 5.74) is 27.7. The largest absolute Gasteiger partial charge is 0.396 e. The third-order valence-electron chi connectivity index (χ3n) is 23.9. The highest BCUT2D eigenvalue weighted by Gasteiger charge is 2.34. The molecule has 590 valence electrons. The summed E-state index contributed by atoms with van der Waals surface area (Å²) in [7, 11) is 0. The molecule has 119 heavy (non-hydrogen) atoms. The van der Waals surface area contributed by atoms with Gasteiger partial charge in [0.1, 0.15) is 11.6 Å². The number of likely N-dealkylation sites (tertiary alicyclic amines) is 1. The normalized spacial score (nSPS) is 16.1. The molecular weight excluding hydrogens is 1480 g/mol. The average molecular weight is 1570 g/mol. The quantitative estimate of drug-likeness (QED) is 0.0676. The van der Waals surface area contributed by atoms with E-state index in [0.29, 0.717) is 48.6 Å². The fraction of sp³-hybridized carbons (Fsp3) is 0.206. The molecule has 0 amide bonds. The van der Waals surface area contributed by atoms with Gasteiger partial charge in [-0.25, -0.2) is 48.7 Å². The molecule has 15 nitrogen and oxygen atoms in total. The van der Waals surface area contributed by atoms with E-state index in [9.17, 15) is 13.9 Å². The second kappa shape index (κ2) is 36.0. The third kappa shape index (κ3) is 17.0. The van der Waals surface area contributed by atoms with E-state index in [4.69, 9.17) is 24.9 Å². The molecule has 4 N–H and O–H groups in total. The topological polar surface area (TPSA) is 179 Å². The van der Waals surface area contributed by atoms with E-state index in [0.717, 1.165) is 137 Å². The molecule has 2 unspecified atom stereocenters. The Morgan fingerprint density at radius 2 is 0.798 bits per heavy atom. The van der Waals surface area contributed by atoms with E-state index in [1.54, 1.807) is 12.1 Å². The van der Waals surface area contributed by atoms with Crippen LogP contribution < -0.4 is 20.9 Å². The fourth-order valence-electron chi connectivity index (χ4n) is 18.0. The summed E-state index contributed by atoms with van der Waals surface area (Å²) in [6.45, 7) is 6.16. The Kier molecular flexibility index (Phi) is 23.3. The molecule has 4 atom stereocenters. The van der Waals surface area contributed by atoms with Crippen LogP contribution in [0.3, 0.4) is 0 Å². The van der Waals surface area contributed by atoms with Gasteiger partial charge in [0.25, 0.3) is 0 Å². The van der Waals surface area contributed by atoms with Crippen LogP contribution in [0.5, 0.6) is 0 Å². The average Bonchev–Trinajstić information content (AvgIpc) is 1.52. The van der Waals surface area contributed by atoms with Crippen molar-refractivity contribution in [2.24, 2.45) is 0 Å². The zero-order valence-electron chi connectivity index (χ0n) is 66.3. The van der Waals surface area contributed by atoms with E-state index in [1.165, 1.54) is 106 Å². The first-order valence-corrected chi connectivity index (χ1v) is 41.6. The number of nitrogens with one attached hydrogen (secondary N) is 3. The smallest absolute Gasteiger partial charge is 0.230 e. The molecule has 5 aromatic heterocycles. The van der Waals surface area contributed by atoms with Gasteiger partial charge in [-0.15, -0.1) is 0 Å². The van der Waals surface area contributed by atoms with Crippen molar-refractivity contribution in [2.45, 2.75) is 87.9 Å². The summed E-state index contributed by atoms with van der Waals surface area (Å²) in [5.74, 6) is 2.92.